The van der Waals surface area contributed by atoms with Crippen molar-refractivity contribution in [2.24, 2.45) is 0 Å². The van der Waals surface area contributed by atoms with Crippen LogP contribution < -0.4 is 4.74 Å². The number of rotatable bonds is 9. The van der Waals surface area contributed by atoms with Gasteiger partial charge in [0.1, 0.15) is 17.3 Å². The monoisotopic (exact) mass is 440 g/mol. The number of benzene rings is 2. The third-order valence-corrected chi connectivity index (χ3v) is 6.31. The van der Waals surface area contributed by atoms with Gasteiger partial charge in [-0.05, 0) is 50.8 Å². The number of phenolic OH excluding ortho intramolecular Hbond substituents is 1. The second kappa shape index (κ2) is 10.3. The van der Waals surface area contributed by atoms with Gasteiger partial charge in [0, 0.05) is 24.2 Å². The summed E-state index contributed by atoms with van der Waals surface area (Å²) in [5, 5.41) is 11.3. The summed E-state index contributed by atoms with van der Waals surface area (Å²) in [4.78, 5) is 17.7. The van der Waals surface area contributed by atoms with Crippen LogP contribution >= 0.6 is 0 Å². The van der Waals surface area contributed by atoms with Crippen LogP contribution in [0.1, 0.15) is 60.3 Å². The average molecular weight is 441 g/mol. The van der Waals surface area contributed by atoms with Crippen LogP contribution in [0.2, 0.25) is 0 Å². The summed E-state index contributed by atoms with van der Waals surface area (Å²) in [5.74, 6) is -0.0453. The Balaban J connectivity index is 2.16. The number of hydrogen-bond donors (Lipinski definition) is 1. The largest absolute Gasteiger partial charge is 0.507 e. The van der Waals surface area contributed by atoms with Crippen molar-refractivity contribution in [1.29, 1.82) is 0 Å². The van der Waals surface area contributed by atoms with Gasteiger partial charge in [0.15, 0.2) is 5.76 Å². The first-order valence-corrected chi connectivity index (χ1v) is 11.4. The van der Waals surface area contributed by atoms with Crippen LogP contribution in [0.5, 0.6) is 11.5 Å². The Bertz CT molecular complexity index is 1020. The highest BCUT2D eigenvalue weighted by Crippen LogP contribution is 2.45. The van der Waals surface area contributed by atoms with Gasteiger partial charge in [-0.15, -0.1) is 0 Å². The van der Waals surface area contributed by atoms with Crippen molar-refractivity contribution in [2.75, 3.05) is 26.2 Å². The molecule has 0 fully saturated rings. The molecule has 0 atom stereocenters. The van der Waals surface area contributed by atoms with E-state index >= 15 is 0 Å². The molecule has 1 N–H and O–H groups in total. The molecule has 0 bridgehead atoms. The molecule has 0 radical (unpaired) electrons. The lowest BCUT2D eigenvalue weighted by Gasteiger charge is -2.25. The Morgan fingerprint density at radius 3 is 2.09 bits per heavy atom. The second-order valence-corrected chi connectivity index (χ2v) is 8.02. The number of aromatic hydroxyl groups is 1. The van der Waals surface area contributed by atoms with Crippen molar-refractivity contribution in [3.63, 3.8) is 0 Å². The van der Waals surface area contributed by atoms with E-state index in [9.17, 15) is 14.3 Å². The molecule has 172 valence electrons. The van der Waals surface area contributed by atoms with Gasteiger partial charge in [-0.25, -0.2) is 4.39 Å². The van der Waals surface area contributed by atoms with Gasteiger partial charge in [-0.3, -0.25) is 14.6 Å². The highest BCUT2D eigenvalue weighted by molar-refractivity contribution is 6.16. The van der Waals surface area contributed by atoms with E-state index < -0.39 is 5.82 Å². The van der Waals surface area contributed by atoms with E-state index in [2.05, 4.69) is 37.5 Å². The molecule has 1 heterocycles. The molecule has 2 aromatic carbocycles. The summed E-state index contributed by atoms with van der Waals surface area (Å²) in [6, 6.07) is 6.28. The Morgan fingerprint density at radius 1 is 0.969 bits per heavy atom. The van der Waals surface area contributed by atoms with Gasteiger partial charge >= 0.3 is 0 Å². The summed E-state index contributed by atoms with van der Waals surface area (Å²) < 4.78 is 20.2. The molecule has 0 saturated heterocycles. The molecule has 0 aromatic heterocycles. The van der Waals surface area contributed by atoms with E-state index in [1.807, 2.05) is 6.92 Å². The molecule has 3 rings (SSSR count). The summed E-state index contributed by atoms with van der Waals surface area (Å²) in [6.07, 6.45) is 1.44. The molecule has 0 saturated carbocycles. The van der Waals surface area contributed by atoms with Gasteiger partial charge in [-0.2, -0.15) is 0 Å². The zero-order valence-corrected chi connectivity index (χ0v) is 19.7. The number of carbonyl (C=O) groups excluding carboxylic acids is 1. The van der Waals surface area contributed by atoms with Crippen LogP contribution in [0.15, 0.2) is 30.0 Å². The van der Waals surface area contributed by atoms with Crippen LogP contribution in [0.3, 0.4) is 0 Å². The molecule has 32 heavy (non-hydrogen) atoms. The highest BCUT2D eigenvalue weighted by Gasteiger charge is 2.36. The first-order chi connectivity index (χ1) is 15.4. The minimum atomic E-state index is -0.419. The van der Waals surface area contributed by atoms with E-state index in [-0.39, 0.29) is 17.3 Å². The fraction of sp³-hybridized carbons (Fsp3) is 0.423. The second-order valence-electron chi connectivity index (χ2n) is 8.02. The van der Waals surface area contributed by atoms with Crippen LogP contribution in [0.25, 0.3) is 6.08 Å². The summed E-state index contributed by atoms with van der Waals surface area (Å²) in [7, 11) is 0. The van der Waals surface area contributed by atoms with E-state index in [1.165, 1.54) is 12.1 Å². The van der Waals surface area contributed by atoms with Crippen molar-refractivity contribution < 1.29 is 19.0 Å². The first kappa shape index (κ1) is 24.0. The normalized spacial score (nSPS) is 14.5. The Kier molecular flexibility index (Phi) is 7.69. The van der Waals surface area contributed by atoms with Crippen molar-refractivity contribution in [3.8, 4) is 11.5 Å². The highest BCUT2D eigenvalue weighted by atomic mass is 19.1. The quantitative estimate of drug-likeness (QED) is 0.547. The summed E-state index contributed by atoms with van der Waals surface area (Å²) in [5.41, 5.74) is 2.84. The average Bonchev–Trinajstić information content (AvgIpc) is 3.11. The third-order valence-electron chi connectivity index (χ3n) is 6.31. The first-order valence-electron chi connectivity index (χ1n) is 11.4. The van der Waals surface area contributed by atoms with Crippen LogP contribution in [-0.2, 0) is 13.1 Å². The van der Waals surface area contributed by atoms with Crippen molar-refractivity contribution in [3.05, 3.63) is 63.7 Å². The number of carbonyl (C=O) groups is 1. The number of ether oxygens (including phenoxy) is 1. The van der Waals surface area contributed by atoms with Gasteiger partial charge in [-0.1, -0.05) is 45.9 Å². The van der Waals surface area contributed by atoms with Gasteiger partial charge in [0.25, 0.3) is 0 Å². The van der Waals surface area contributed by atoms with Gasteiger partial charge in [0.2, 0.25) is 5.78 Å². The topological polar surface area (TPSA) is 53.0 Å². The minimum absolute atomic E-state index is 0.0772. The molecule has 0 amide bonds. The van der Waals surface area contributed by atoms with E-state index in [4.69, 9.17) is 4.74 Å². The Morgan fingerprint density at radius 2 is 1.53 bits per heavy atom. The van der Waals surface area contributed by atoms with Crippen LogP contribution in [-0.4, -0.2) is 46.9 Å². The maximum atomic E-state index is 14.2. The van der Waals surface area contributed by atoms with Gasteiger partial charge in [0.05, 0.1) is 11.1 Å². The lowest BCUT2D eigenvalue weighted by molar-refractivity contribution is 0.101. The fourth-order valence-corrected chi connectivity index (χ4v) is 4.12. The molecule has 0 unspecified atom stereocenters. The molecular formula is C26H33FN2O3. The minimum Gasteiger partial charge on any atom is -0.507 e. The van der Waals surface area contributed by atoms with Crippen molar-refractivity contribution >= 4 is 11.9 Å². The number of hydrogen-bond acceptors (Lipinski definition) is 5. The van der Waals surface area contributed by atoms with E-state index in [0.29, 0.717) is 35.5 Å². The van der Waals surface area contributed by atoms with Gasteiger partial charge < -0.3 is 9.84 Å². The Labute approximate surface area is 190 Å². The number of phenols is 1. The number of nitrogens with zero attached hydrogens (tertiary/aromatic N) is 2. The maximum absolute atomic E-state index is 14.2. The van der Waals surface area contributed by atoms with E-state index in [0.717, 1.165) is 37.3 Å². The fourth-order valence-electron chi connectivity index (χ4n) is 4.12. The molecular weight excluding hydrogens is 407 g/mol. The maximum Gasteiger partial charge on any atom is 0.232 e. The number of ketones is 1. The summed E-state index contributed by atoms with van der Waals surface area (Å²) in [6.45, 7) is 14.4. The molecule has 2 aromatic rings. The van der Waals surface area contributed by atoms with Crippen molar-refractivity contribution in [1.82, 2.24) is 9.80 Å². The third kappa shape index (κ3) is 4.57. The molecule has 1 aliphatic rings. The molecule has 0 aliphatic carbocycles. The zero-order valence-electron chi connectivity index (χ0n) is 19.7. The lowest BCUT2D eigenvalue weighted by Crippen LogP contribution is -2.25. The Hall–Kier alpha value is -2.70. The molecule has 1 aliphatic heterocycles. The van der Waals surface area contributed by atoms with E-state index in [1.54, 1.807) is 18.2 Å². The summed E-state index contributed by atoms with van der Waals surface area (Å²) >= 11 is 0. The molecule has 5 nitrogen and oxygen atoms in total. The number of halogens is 1. The SMILES string of the molecule is CCN(CC)Cc1c(C)c2c(c(CN(CC)CC)c1O)O/C(=C\c1ccccc1F)C2=O. The lowest BCUT2D eigenvalue weighted by atomic mass is 9.93. The molecule has 0 spiro atoms. The zero-order chi connectivity index (χ0) is 23.4. The predicted molar refractivity (Wildman–Crippen MR) is 125 cm³/mol. The smallest absolute Gasteiger partial charge is 0.232 e. The van der Waals surface area contributed by atoms with Crippen LogP contribution in [0, 0.1) is 12.7 Å². The standard InChI is InChI=1S/C26H33FN2O3/c1-6-28(7-2)15-19-17(5)23-25(31)22(14-18-12-10-11-13-21(18)27)32-26(23)20(24(19)30)16-29(8-3)9-4/h10-14,30H,6-9,15-16H2,1-5H3/b22-14-. The predicted octanol–water partition coefficient (Wildman–Crippen LogP) is 5.14. The molecule has 6 heteroatoms. The van der Waals surface area contributed by atoms with Crippen LogP contribution in [0.4, 0.5) is 4.39 Å². The number of Topliss-reactive ketones (excluding diaryl/α,β-unsaturated/α-hetero) is 1. The number of fused-ring (bicyclic) bond motifs is 1. The van der Waals surface area contributed by atoms with Crippen molar-refractivity contribution in [2.45, 2.75) is 47.7 Å². The number of allylic oxidation sites excluding steroid dienone is 1.